The van der Waals surface area contributed by atoms with E-state index in [1.165, 1.54) is 0 Å². The highest BCUT2D eigenvalue weighted by Gasteiger charge is 2.10. The first-order valence-corrected chi connectivity index (χ1v) is 5.52. The second-order valence-corrected chi connectivity index (χ2v) is 4.06. The van der Waals surface area contributed by atoms with Crippen LogP contribution in [-0.4, -0.2) is 18.7 Å². The van der Waals surface area contributed by atoms with Crippen LogP contribution in [0.15, 0.2) is 18.2 Å². The van der Waals surface area contributed by atoms with Gasteiger partial charge in [-0.3, -0.25) is 4.98 Å². The molecule has 2 rings (SSSR count). The Bertz CT molecular complexity index is 552. The topological polar surface area (TPSA) is 71.9 Å². The molecule has 0 saturated carbocycles. The molecule has 0 aliphatic heterocycles. The molecule has 17 heavy (non-hydrogen) atoms. The molecule has 0 unspecified atom stereocenters. The average Bonchev–Trinajstić information content (AvgIpc) is 2.31. The van der Waals surface area contributed by atoms with Gasteiger partial charge in [0.2, 0.25) is 0 Å². The molecule has 1 radical (unpaired) electrons. The van der Waals surface area contributed by atoms with Gasteiger partial charge >= 0.3 is 0 Å². The molecular weight excluding hydrogens is 214 g/mol. The molecule has 3 N–H and O–H groups in total. The molecule has 0 spiro atoms. The number of aromatic nitrogens is 1. The number of rotatable bonds is 3. The van der Waals surface area contributed by atoms with Gasteiger partial charge in [0.15, 0.2) is 0 Å². The summed E-state index contributed by atoms with van der Waals surface area (Å²) in [6.45, 7) is 2.52. The summed E-state index contributed by atoms with van der Waals surface area (Å²) in [6, 6.07) is 5.41. The fourth-order valence-electron chi connectivity index (χ4n) is 1.95. The largest absolute Gasteiger partial charge is 0.397 e. The van der Waals surface area contributed by atoms with Crippen molar-refractivity contribution in [2.75, 3.05) is 19.5 Å². The van der Waals surface area contributed by atoms with Crippen molar-refractivity contribution in [2.45, 2.75) is 13.3 Å². The van der Waals surface area contributed by atoms with E-state index in [0.717, 1.165) is 28.6 Å². The van der Waals surface area contributed by atoms with E-state index in [4.69, 9.17) is 16.2 Å². The molecule has 0 aliphatic rings. The van der Waals surface area contributed by atoms with Crippen LogP contribution in [0.1, 0.15) is 11.3 Å². The monoisotopic (exact) mass is 230 g/mol. The Labute approximate surface area is 101 Å². The highest BCUT2D eigenvalue weighted by atomic mass is 16.5. The summed E-state index contributed by atoms with van der Waals surface area (Å²) in [5.41, 5.74) is 17.7. The van der Waals surface area contributed by atoms with E-state index >= 15 is 0 Å². The lowest BCUT2D eigenvalue weighted by Gasteiger charge is -2.12. The van der Waals surface area contributed by atoms with Crippen LogP contribution in [0.25, 0.3) is 10.9 Å². The number of ether oxygens (including phenoxy) is 1. The predicted octanol–water partition coefficient (Wildman–Crippen LogP) is 2.23. The smallest absolute Gasteiger partial charge is 0.0711 e. The number of nitrogens with zero attached hydrogens (tertiary/aromatic N) is 1. The molecule has 89 valence electrons. The van der Waals surface area contributed by atoms with Gasteiger partial charge in [0, 0.05) is 12.5 Å². The fraction of sp³-hybridized carbons (Fsp3) is 0.308. The Morgan fingerprint density at radius 2 is 2.18 bits per heavy atom. The van der Waals surface area contributed by atoms with Crippen LogP contribution in [0.4, 0.5) is 11.4 Å². The van der Waals surface area contributed by atoms with Crippen LogP contribution in [0, 0.1) is 6.92 Å². The quantitative estimate of drug-likeness (QED) is 0.878. The molecule has 0 saturated heterocycles. The maximum absolute atomic E-state index is 7.68. The number of hydrogen-bond donors (Lipinski definition) is 1. The van der Waals surface area contributed by atoms with Gasteiger partial charge in [0.25, 0.3) is 0 Å². The molecule has 0 fully saturated rings. The Kier molecular flexibility index (Phi) is 3.15. The second kappa shape index (κ2) is 4.59. The maximum Gasteiger partial charge on any atom is 0.0711 e. The molecule has 1 aromatic heterocycles. The minimum absolute atomic E-state index is 0.473. The Hall–Kier alpha value is -1.81. The number of benzene rings is 1. The third kappa shape index (κ3) is 2.17. The first-order valence-electron chi connectivity index (χ1n) is 5.52. The van der Waals surface area contributed by atoms with Crippen molar-refractivity contribution in [3.05, 3.63) is 29.5 Å². The van der Waals surface area contributed by atoms with Crippen LogP contribution in [0.2, 0.25) is 0 Å². The van der Waals surface area contributed by atoms with Gasteiger partial charge in [0.1, 0.15) is 0 Å². The van der Waals surface area contributed by atoms with Gasteiger partial charge in [-0.2, -0.15) is 0 Å². The predicted molar refractivity (Wildman–Crippen MR) is 69.2 cm³/mol. The lowest BCUT2D eigenvalue weighted by molar-refractivity contribution is 0.202. The standard InChI is InChI=1S/C13H16N3O/c1-8-13(15)10(5-6-17-2)11-7-9(14)3-4-12(11)16-8/h3-4,7,14H,5-6,15H2,1-2H3. The molecule has 0 bridgehead atoms. The third-order valence-corrected chi connectivity index (χ3v) is 2.88. The zero-order valence-corrected chi connectivity index (χ0v) is 10.1. The van der Waals surface area contributed by atoms with Gasteiger partial charge in [-0.15, -0.1) is 0 Å². The minimum atomic E-state index is 0.473. The van der Waals surface area contributed by atoms with Gasteiger partial charge in [-0.25, -0.2) is 0 Å². The summed E-state index contributed by atoms with van der Waals surface area (Å²) in [6.07, 6.45) is 0.742. The zero-order valence-electron chi connectivity index (χ0n) is 10.1. The first-order chi connectivity index (χ1) is 8.13. The Morgan fingerprint density at radius 3 is 2.88 bits per heavy atom. The summed E-state index contributed by atoms with van der Waals surface area (Å²) >= 11 is 0. The SMILES string of the molecule is COCCc1c(N)c(C)nc2ccc([NH])cc12. The van der Waals surface area contributed by atoms with Crippen LogP contribution >= 0.6 is 0 Å². The summed E-state index contributed by atoms with van der Waals surface area (Å²) in [5, 5.41) is 0.956. The van der Waals surface area contributed by atoms with E-state index in [0.29, 0.717) is 18.0 Å². The highest BCUT2D eigenvalue weighted by molar-refractivity contribution is 5.89. The van der Waals surface area contributed by atoms with E-state index in [9.17, 15) is 0 Å². The number of methoxy groups -OCH3 is 1. The minimum Gasteiger partial charge on any atom is -0.397 e. The lowest BCUT2D eigenvalue weighted by Crippen LogP contribution is -2.04. The molecule has 4 heteroatoms. The van der Waals surface area contributed by atoms with E-state index in [-0.39, 0.29) is 0 Å². The van der Waals surface area contributed by atoms with E-state index in [1.54, 1.807) is 13.2 Å². The van der Waals surface area contributed by atoms with Gasteiger partial charge in [-0.1, -0.05) is 0 Å². The maximum atomic E-state index is 7.68. The summed E-state index contributed by atoms with van der Waals surface area (Å²) < 4.78 is 5.10. The van der Waals surface area contributed by atoms with Gasteiger partial charge in [0.05, 0.1) is 29.2 Å². The third-order valence-electron chi connectivity index (χ3n) is 2.88. The normalized spacial score (nSPS) is 10.9. The van der Waals surface area contributed by atoms with Crippen molar-refractivity contribution in [3.8, 4) is 0 Å². The van der Waals surface area contributed by atoms with Crippen molar-refractivity contribution in [1.29, 1.82) is 0 Å². The number of fused-ring (bicyclic) bond motifs is 1. The van der Waals surface area contributed by atoms with Crippen LogP contribution in [-0.2, 0) is 11.2 Å². The molecular formula is C13H16N3O. The molecule has 0 aliphatic carbocycles. The number of aryl methyl sites for hydroxylation is 1. The molecule has 1 heterocycles. The molecule has 1 aromatic carbocycles. The average molecular weight is 230 g/mol. The van der Waals surface area contributed by atoms with Crippen LogP contribution < -0.4 is 11.5 Å². The Morgan fingerprint density at radius 1 is 1.41 bits per heavy atom. The molecule has 0 amide bonds. The molecule has 2 aromatic rings. The molecule has 0 atom stereocenters. The number of nitrogens with one attached hydrogen (secondary N) is 1. The van der Waals surface area contributed by atoms with E-state index in [1.807, 2.05) is 19.1 Å². The van der Waals surface area contributed by atoms with Crippen LogP contribution in [0.5, 0.6) is 0 Å². The number of nitrogens with two attached hydrogens (primary N) is 1. The van der Waals surface area contributed by atoms with Crippen LogP contribution in [0.3, 0.4) is 0 Å². The van der Waals surface area contributed by atoms with Crippen molar-refractivity contribution in [1.82, 2.24) is 10.7 Å². The van der Waals surface area contributed by atoms with Crippen molar-refractivity contribution >= 4 is 22.3 Å². The van der Waals surface area contributed by atoms with Crippen molar-refractivity contribution in [2.24, 2.45) is 0 Å². The summed E-state index contributed by atoms with van der Waals surface area (Å²) in [4.78, 5) is 4.44. The van der Waals surface area contributed by atoms with Crippen molar-refractivity contribution in [3.63, 3.8) is 0 Å². The number of anilines is 1. The van der Waals surface area contributed by atoms with Gasteiger partial charge < -0.3 is 16.2 Å². The lowest BCUT2D eigenvalue weighted by atomic mass is 10.0. The second-order valence-electron chi connectivity index (χ2n) is 4.06. The molecule has 4 nitrogen and oxygen atoms in total. The zero-order chi connectivity index (χ0) is 12.4. The summed E-state index contributed by atoms with van der Waals surface area (Å²) in [5.74, 6) is 0. The van der Waals surface area contributed by atoms with Gasteiger partial charge in [-0.05, 0) is 37.1 Å². The number of nitrogen functional groups attached to an aromatic ring is 1. The first kappa shape index (κ1) is 11.7. The fourth-order valence-corrected chi connectivity index (χ4v) is 1.95. The van der Waals surface area contributed by atoms with E-state index < -0.39 is 0 Å². The Balaban J connectivity index is 2.66. The number of pyridine rings is 1. The number of hydrogen-bond acceptors (Lipinski definition) is 3. The van der Waals surface area contributed by atoms with E-state index in [2.05, 4.69) is 4.98 Å². The highest BCUT2D eigenvalue weighted by Crippen LogP contribution is 2.27. The van der Waals surface area contributed by atoms with Crippen molar-refractivity contribution < 1.29 is 4.74 Å². The summed E-state index contributed by atoms with van der Waals surface area (Å²) in [7, 11) is 1.67.